The van der Waals surface area contributed by atoms with E-state index in [2.05, 4.69) is 11.3 Å². The van der Waals surface area contributed by atoms with Gasteiger partial charge in [-0.15, -0.1) is 0 Å². The monoisotopic (exact) mass is 307 g/mol. The third-order valence-corrected chi connectivity index (χ3v) is 3.21. The highest BCUT2D eigenvalue weighted by atomic mass is 16.5. The molecule has 0 fully saturated rings. The van der Waals surface area contributed by atoms with Gasteiger partial charge in [0.05, 0.1) is 7.11 Å². The average Bonchev–Trinajstić information content (AvgIpc) is 2.45. The molecule has 0 heterocycles. The minimum atomic E-state index is -0.480. The number of nitrogens with two attached hydrogens (primary N) is 1. The number of hydrogen-bond donors (Lipinski definition) is 1. The number of amides is 1. The highest BCUT2D eigenvalue weighted by molar-refractivity contribution is 5.92. The molecule has 0 spiro atoms. The predicted octanol–water partition coefficient (Wildman–Crippen LogP) is 2.32. The molecular weight excluding hydrogens is 282 g/mol. The van der Waals surface area contributed by atoms with E-state index in [0.717, 1.165) is 5.57 Å². The molecule has 1 unspecified atom stereocenters. The summed E-state index contributed by atoms with van der Waals surface area (Å²) >= 11 is 0. The van der Waals surface area contributed by atoms with Crippen LogP contribution in [0.4, 0.5) is 0 Å². The Morgan fingerprint density at radius 1 is 1.27 bits per heavy atom. The van der Waals surface area contributed by atoms with Crippen LogP contribution in [0.15, 0.2) is 36.5 Å². The third kappa shape index (κ3) is 8.89. The standard InChI is InChI=1S/C17H25NO4/c1-5-12(2)9-13(3)15(19)8-6-7-14(10-16(18)20)11-17(21)22-4/h5-6,8-9,13-14H,1,7,10-11H2,2-4H3,(H2,18,20)/b8-6+,12-9+/t13-,14?/m1/s1. The summed E-state index contributed by atoms with van der Waals surface area (Å²) in [5, 5.41) is 0. The average molecular weight is 307 g/mol. The largest absolute Gasteiger partial charge is 0.469 e. The van der Waals surface area contributed by atoms with Crippen LogP contribution >= 0.6 is 0 Å². The minimum Gasteiger partial charge on any atom is -0.469 e. The number of ether oxygens (including phenoxy) is 1. The summed E-state index contributed by atoms with van der Waals surface area (Å²) < 4.78 is 4.58. The van der Waals surface area contributed by atoms with E-state index in [1.807, 2.05) is 13.0 Å². The molecular formula is C17H25NO4. The molecule has 122 valence electrons. The van der Waals surface area contributed by atoms with Crippen LogP contribution in [-0.4, -0.2) is 24.8 Å². The smallest absolute Gasteiger partial charge is 0.305 e. The maximum atomic E-state index is 11.9. The van der Waals surface area contributed by atoms with Crippen molar-refractivity contribution in [2.45, 2.75) is 33.1 Å². The lowest BCUT2D eigenvalue weighted by atomic mass is 9.96. The number of esters is 1. The molecule has 0 aliphatic carbocycles. The number of primary amides is 1. The van der Waals surface area contributed by atoms with Gasteiger partial charge in [0.15, 0.2) is 5.78 Å². The molecule has 22 heavy (non-hydrogen) atoms. The van der Waals surface area contributed by atoms with Crippen molar-refractivity contribution < 1.29 is 19.1 Å². The fraction of sp³-hybridized carbons (Fsp3) is 0.471. The van der Waals surface area contributed by atoms with Gasteiger partial charge in [0.25, 0.3) is 0 Å². The Bertz CT molecular complexity index is 477. The molecule has 0 radical (unpaired) electrons. The lowest BCUT2D eigenvalue weighted by Crippen LogP contribution is -2.19. The number of rotatable bonds is 10. The van der Waals surface area contributed by atoms with Crippen LogP contribution in [-0.2, 0) is 19.1 Å². The number of methoxy groups -OCH3 is 1. The topological polar surface area (TPSA) is 86.5 Å². The van der Waals surface area contributed by atoms with Crippen molar-refractivity contribution in [2.24, 2.45) is 17.6 Å². The molecule has 0 aromatic heterocycles. The van der Waals surface area contributed by atoms with Gasteiger partial charge in [-0.1, -0.05) is 37.3 Å². The van der Waals surface area contributed by atoms with E-state index in [4.69, 9.17) is 5.73 Å². The first-order chi connectivity index (χ1) is 10.3. The van der Waals surface area contributed by atoms with E-state index in [0.29, 0.717) is 6.42 Å². The zero-order valence-electron chi connectivity index (χ0n) is 13.5. The normalized spacial score (nSPS) is 14.4. The lowest BCUT2D eigenvalue weighted by molar-refractivity contribution is -0.141. The molecule has 1 amide bonds. The number of hydrogen-bond acceptors (Lipinski definition) is 4. The second-order valence-electron chi connectivity index (χ2n) is 5.26. The quantitative estimate of drug-likeness (QED) is 0.381. The summed E-state index contributed by atoms with van der Waals surface area (Å²) in [6.45, 7) is 7.31. The van der Waals surface area contributed by atoms with Crippen molar-refractivity contribution in [1.29, 1.82) is 0 Å². The van der Waals surface area contributed by atoms with Gasteiger partial charge in [0.1, 0.15) is 0 Å². The van der Waals surface area contributed by atoms with E-state index in [1.54, 1.807) is 19.1 Å². The Hall–Kier alpha value is -2.17. The van der Waals surface area contributed by atoms with Crippen LogP contribution in [0.5, 0.6) is 0 Å². The highest BCUT2D eigenvalue weighted by Crippen LogP contribution is 2.15. The predicted molar refractivity (Wildman–Crippen MR) is 85.8 cm³/mol. The van der Waals surface area contributed by atoms with Gasteiger partial charge in [-0.05, 0) is 25.3 Å². The Morgan fingerprint density at radius 2 is 1.91 bits per heavy atom. The zero-order chi connectivity index (χ0) is 17.1. The van der Waals surface area contributed by atoms with Crippen molar-refractivity contribution in [3.05, 3.63) is 36.5 Å². The van der Waals surface area contributed by atoms with Crippen LogP contribution < -0.4 is 5.73 Å². The first-order valence-electron chi connectivity index (χ1n) is 7.16. The Morgan fingerprint density at radius 3 is 2.41 bits per heavy atom. The number of allylic oxidation sites excluding steroid dienone is 5. The molecule has 2 N–H and O–H groups in total. The van der Waals surface area contributed by atoms with Gasteiger partial charge in [-0.3, -0.25) is 14.4 Å². The van der Waals surface area contributed by atoms with E-state index >= 15 is 0 Å². The Balaban J connectivity index is 4.62. The van der Waals surface area contributed by atoms with E-state index < -0.39 is 11.9 Å². The maximum Gasteiger partial charge on any atom is 0.305 e. The second kappa shape index (κ2) is 10.5. The molecule has 0 aliphatic heterocycles. The molecule has 0 saturated heterocycles. The zero-order valence-corrected chi connectivity index (χ0v) is 13.5. The highest BCUT2D eigenvalue weighted by Gasteiger charge is 2.16. The molecule has 2 atom stereocenters. The van der Waals surface area contributed by atoms with Crippen molar-refractivity contribution in [3.8, 4) is 0 Å². The summed E-state index contributed by atoms with van der Waals surface area (Å²) in [6.07, 6.45) is 7.26. The number of carbonyl (C=O) groups excluding carboxylic acids is 3. The fourth-order valence-electron chi connectivity index (χ4n) is 1.92. The summed E-state index contributed by atoms with van der Waals surface area (Å²) in [5.74, 6) is -1.42. The van der Waals surface area contributed by atoms with Gasteiger partial charge in [-0.2, -0.15) is 0 Å². The Labute approximate surface area is 131 Å². The second-order valence-corrected chi connectivity index (χ2v) is 5.26. The van der Waals surface area contributed by atoms with Gasteiger partial charge in [-0.25, -0.2) is 0 Å². The van der Waals surface area contributed by atoms with Gasteiger partial charge < -0.3 is 10.5 Å². The van der Waals surface area contributed by atoms with E-state index in [-0.39, 0.29) is 30.5 Å². The van der Waals surface area contributed by atoms with Crippen LogP contribution in [0, 0.1) is 11.8 Å². The SMILES string of the molecule is C=C/C(C)=C/[C@@H](C)C(=O)/C=C/CC(CC(N)=O)CC(=O)OC. The molecule has 0 aliphatic rings. The first-order valence-corrected chi connectivity index (χ1v) is 7.16. The van der Waals surface area contributed by atoms with Gasteiger partial charge in [0.2, 0.25) is 5.91 Å². The molecule has 5 nitrogen and oxygen atoms in total. The van der Waals surface area contributed by atoms with Crippen LogP contribution in [0.25, 0.3) is 0 Å². The maximum absolute atomic E-state index is 11.9. The summed E-state index contributed by atoms with van der Waals surface area (Å²) in [4.78, 5) is 34.2. The first kappa shape index (κ1) is 19.8. The van der Waals surface area contributed by atoms with Crippen LogP contribution in [0.2, 0.25) is 0 Å². The summed E-state index contributed by atoms with van der Waals surface area (Å²) in [6, 6.07) is 0. The molecule has 0 aromatic carbocycles. The summed E-state index contributed by atoms with van der Waals surface area (Å²) in [7, 11) is 1.29. The van der Waals surface area contributed by atoms with Crippen molar-refractivity contribution >= 4 is 17.7 Å². The number of ketones is 1. The van der Waals surface area contributed by atoms with Crippen molar-refractivity contribution in [3.63, 3.8) is 0 Å². The summed E-state index contributed by atoms with van der Waals surface area (Å²) in [5.41, 5.74) is 6.10. The Kier molecular flexibility index (Phi) is 9.50. The minimum absolute atomic E-state index is 0.0444. The fourth-order valence-corrected chi connectivity index (χ4v) is 1.92. The number of carbonyl (C=O) groups is 3. The molecule has 5 heteroatoms. The third-order valence-electron chi connectivity index (χ3n) is 3.21. The lowest BCUT2D eigenvalue weighted by Gasteiger charge is -2.11. The molecule has 0 bridgehead atoms. The molecule has 0 rings (SSSR count). The van der Waals surface area contributed by atoms with E-state index in [9.17, 15) is 14.4 Å². The van der Waals surface area contributed by atoms with Crippen molar-refractivity contribution in [2.75, 3.05) is 7.11 Å². The van der Waals surface area contributed by atoms with Crippen LogP contribution in [0.1, 0.15) is 33.1 Å². The van der Waals surface area contributed by atoms with E-state index in [1.165, 1.54) is 13.2 Å². The molecule has 0 aromatic rings. The van der Waals surface area contributed by atoms with Gasteiger partial charge >= 0.3 is 5.97 Å². The van der Waals surface area contributed by atoms with Gasteiger partial charge in [0, 0.05) is 18.8 Å². The molecule has 0 saturated carbocycles. The van der Waals surface area contributed by atoms with Crippen LogP contribution in [0.3, 0.4) is 0 Å². The van der Waals surface area contributed by atoms with Crippen molar-refractivity contribution in [1.82, 2.24) is 0 Å².